The summed E-state index contributed by atoms with van der Waals surface area (Å²) in [4.78, 5) is 20.3. The Morgan fingerprint density at radius 2 is 1.55 bits per heavy atom. The lowest BCUT2D eigenvalue weighted by atomic mass is 9.84. The van der Waals surface area contributed by atoms with E-state index in [4.69, 9.17) is 10.2 Å². The van der Waals surface area contributed by atoms with Crippen LogP contribution < -0.4 is 0 Å². The number of carboxylic acids is 2. The number of carbonyl (C=O) groups is 2. The van der Waals surface area contributed by atoms with Crippen LogP contribution in [0.4, 0.5) is 0 Å². The number of unbranched alkanes of at least 4 members (excludes halogenated alkanes) is 3. The van der Waals surface area contributed by atoms with Crippen LogP contribution in [0.5, 0.6) is 0 Å². The Kier molecular flexibility index (Phi) is 12.5. The minimum Gasteiger partial charge on any atom is -0.481 e. The van der Waals surface area contributed by atoms with Gasteiger partial charge in [0.15, 0.2) is 0 Å². The molecule has 0 spiro atoms. The molecule has 120 valence electrons. The van der Waals surface area contributed by atoms with E-state index in [-0.39, 0.29) is 17.8 Å². The molecule has 4 nitrogen and oxygen atoms in total. The van der Waals surface area contributed by atoms with E-state index in [0.717, 1.165) is 25.7 Å². The highest BCUT2D eigenvalue weighted by atomic mass is 16.4. The molecule has 0 fully saturated rings. The van der Waals surface area contributed by atoms with Crippen molar-refractivity contribution < 1.29 is 19.8 Å². The molecule has 0 aromatic rings. The normalized spacial score (nSPS) is 12.2. The van der Waals surface area contributed by atoms with Crippen LogP contribution in [0.3, 0.4) is 0 Å². The van der Waals surface area contributed by atoms with Crippen LogP contribution in [0.1, 0.15) is 79.6 Å². The third kappa shape index (κ3) is 22.1. The van der Waals surface area contributed by atoms with Gasteiger partial charge in [0.1, 0.15) is 0 Å². The molecule has 4 heteroatoms. The zero-order chi connectivity index (χ0) is 16.2. The Bertz CT molecular complexity index is 266. The second-order valence-corrected chi connectivity index (χ2v) is 6.67. The van der Waals surface area contributed by atoms with E-state index in [1.54, 1.807) is 0 Å². The third-order valence-corrected chi connectivity index (χ3v) is 2.73. The standard InChI is InChI=1S/C9H18O2.C7H14O2/c1-7(5-8(10)11)6-9(2,3)4;1-2-3-4-5-6-7(8)9/h7H,5-6H2,1-4H3,(H,10,11);2-6H2,1H3,(H,8,9). The van der Waals surface area contributed by atoms with Crippen LogP contribution in [-0.2, 0) is 9.59 Å². The predicted molar refractivity (Wildman–Crippen MR) is 81.9 cm³/mol. The molecule has 1 atom stereocenters. The average molecular weight is 288 g/mol. The molecule has 1 unspecified atom stereocenters. The number of hydrogen-bond donors (Lipinski definition) is 2. The molecule has 0 bridgehead atoms. The largest absolute Gasteiger partial charge is 0.481 e. The van der Waals surface area contributed by atoms with Crippen LogP contribution in [0.15, 0.2) is 0 Å². The van der Waals surface area contributed by atoms with Crippen LogP contribution in [0.2, 0.25) is 0 Å². The average Bonchev–Trinajstić information content (AvgIpc) is 2.21. The minimum atomic E-state index is -0.693. The maximum Gasteiger partial charge on any atom is 0.303 e. The van der Waals surface area contributed by atoms with Gasteiger partial charge in [-0.05, 0) is 24.2 Å². The third-order valence-electron chi connectivity index (χ3n) is 2.73. The fourth-order valence-electron chi connectivity index (χ4n) is 2.12. The molecular formula is C16H32O4. The van der Waals surface area contributed by atoms with Crippen molar-refractivity contribution in [2.45, 2.75) is 79.6 Å². The Morgan fingerprint density at radius 3 is 1.90 bits per heavy atom. The van der Waals surface area contributed by atoms with Gasteiger partial charge in [-0.25, -0.2) is 0 Å². The Balaban J connectivity index is 0. The van der Waals surface area contributed by atoms with Gasteiger partial charge >= 0.3 is 11.9 Å². The van der Waals surface area contributed by atoms with Gasteiger partial charge in [0.2, 0.25) is 0 Å². The summed E-state index contributed by atoms with van der Waals surface area (Å²) in [5.41, 5.74) is 0.245. The highest BCUT2D eigenvalue weighted by molar-refractivity contribution is 5.67. The molecular weight excluding hydrogens is 256 g/mol. The highest BCUT2D eigenvalue weighted by Crippen LogP contribution is 2.25. The van der Waals surface area contributed by atoms with Crippen molar-refractivity contribution in [3.63, 3.8) is 0 Å². The molecule has 0 aliphatic carbocycles. The predicted octanol–water partition coefficient (Wildman–Crippen LogP) is 4.57. The molecule has 0 saturated heterocycles. The molecule has 2 N–H and O–H groups in total. The van der Waals surface area contributed by atoms with Gasteiger partial charge < -0.3 is 10.2 Å². The topological polar surface area (TPSA) is 74.6 Å². The lowest BCUT2D eigenvalue weighted by molar-refractivity contribution is -0.138. The second-order valence-electron chi connectivity index (χ2n) is 6.67. The monoisotopic (exact) mass is 288 g/mol. The van der Waals surface area contributed by atoms with E-state index >= 15 is 0 Å². The first kappa shape index (κ1) is 21.2. The number of hydrogen-bond acceptors (Lipinski definition) is 2. The first-order chi connectivity index (χ1) is 9.08. The van der Waals surface area contributed by atoms with Crippen molar-refractivity contribution in [1.82, 2.24) is 0 Å². The molecule has 0 heterocycles. The summed E-state index contributed by atoms with van der Waals surface area (Å²) in [6.45, 7) is 10.5. The fraction of sp³-hybridized carbons (Fsp3) is 0.875. The molecule has 0 rings (SSSR count). The van der Waals surface area contributed by atoms with Crippen molar-refractivity contribution in [2.24, 2.45) is 11.3 Å². The van der Waals surface area contributed by atoms with Gasteiger partial charge in [0, 0.05) is 12.8 Å². The zero-order valence-electron chi connectivity index (χ0n) is 13.7. The van der Waals surface area contributed by atoms with Crippen molar-refractivity contribution >= 4 is 11.9 Å². The van der Waals surface area contributed by atoms with Gasteiger partial charge in [-0.3, -0.25) is 9.59 Å². The lowest BCUT2D eigenvalue weighted by Crippen LogP contribution is -2.13. The number of carboxylic acid groups (broad SMARTS) is 2. The number of rotatable bonds is 8. The van der Waals surface area contributed by atoms with E-state index in [1.165, 1.54) is 6.42 Å². The smallest absolute Gasteiger partial charge is 0.303 e. The molecule has 0 radical (unpaired) electrons. The molecule has 0 aromatic carbocycles. The van der Waals surface area contributed by atoms with Crippen LogP contribution >= 0.6 is 0 Å². The highest BCUT2D eigenvalue weighted by Gasteiger charge is 2.16. The quantitative estimate of drug-likeness (QED) is 0.641. The fourth-order valence-corrected chi connectivity index (χ4v) is 2.12. The van der Waals surface area contributed by atoms with Crippen LogP contribution in [0, 0.1) is 11.3 Å². The Labute approximate surface area is 123 Å². The van der Waals surface area contributed by atoms with E-state index in [2.05, 4.69) is 27.7 Å². The van der Waals surface area contributed by atoms with E-state index in [9.17, 15) is 9.59 Å². The van der Waals surface area contributed by atoms with Gasteiger partial charge in [0.25, 0.3) is 0 Å². The summed E-state index contributed by atoms with van der Waals surface area (Å²) in [7, 11) is 0. The van der Waals surface area contributed by atoms with E-state index in [0.29, 0.717) is 6.42 Å². The van der Waals surface area contributed by atoms with Gasteiger partial charge in [-0.1, -0.05) is 53.9 Å². The summed E-state index contributed by atoms with van der Waals surface area (Å²) >= 11 is 0. The summed E-state index contributed by atoms with van der Waals surface area (Å²) in [6, 6.07) is 0. The first-order valence-electron chi connectivity index (χ1n) is 7.52. The Morgan fingerprint density at radius 1 is 1.00 bits per heavy atom. The van der Waals surface area contributed by atoms with Crippen molar-refractivity contribution in [3.8, 4) is 0 Å². The van der Waals surface area contributed by atoms with Crippen molar-refractivity contribution in [2.75, 3.05) is 0 Å². The first-order valence-corrected chi connectivity index (χ1v) is 7.52. The summed E-state index contributed by atoms with van der Waals surface area (Å²) in [5.74, 6) is -1.08. The van der Waals surface area contributed by atoms with Crippen molar-refractivity contribution in [1.29, 1.82) is 0 Å². The van der Waals surface area contributed by atoms with Crippen LogP contribution in [-0.4, -0.2) is 22.2 Å². The lowest BCUT2D eigenvalue weighted by Gasteiger charge is -2.21. The summed E-state index contributed by atoms with van der Waals surface area (Å²) < 4.78 is 0. The van der Waals surface area contributed by atoms with Gasteiger partial charge in [-0.15, -0.1) is 0 Å². The van der Waals surface area contributed by atoms with E-state index in [1.807, 2.05) is 6.92 Å². The number of aliphatic carboxylic acids is 2. The molecule has 20 heavy (non-hydrogen) atoms. The van der Waals surface area contributed by atoms with E-state index < -0.39 is 11.9 Å². The molecule has 0 aliphatic rings. The maximum absolute atomic E-state index is 10.3. The summed E-state index contributed by atoms with van der Waals surface area (Å²) in [5, 5.41) is 16.7. The zero-order valence-corrected chi connectivity index (χ0v) is 13.7. The SMILES string of the molecule is CC(CC(=O)O)CC(C)(C)C.CCCCCCC(=O)O. The Hall–Kier alpha value is -1.06. The molecule has 0 amide bonds. The molecule has 0 aliphatic heterocycles. The molecule has 0 saturated carbocycles. The van der Waals surface area contributed by atoms with Gasteiger partial charge in [0.05, 0.1) is 0 Å². The molecule has 0 aromatic heterocycles. The second kappa shape index (κ2) is 11.7. The minimum absolute atomic E-state index is 0.245. The maximum atomic E-state index is 10.3. The van der Waals surface area contributed by atoms with Crippen LogP contribution in [0.25, 0.3) is 0 Å². The van der Waals surface area contributed by atoms with Gasteiger partial charge in [-0.2, -0.15) is 0 Å². The van der Waals surface area contributed by atoms with Crippen molar-refractivity contribution in [3.05, 3.63) is 0 Å². The summed E-state index contributed by atoms with van der Waals surface area (Å²) in [6.07, 6.45) is 5.81.